The molecule has 0 spiro atoms. The summed E-state index contributed by atoms with van der Waals surface area (Å²) in [6.45, 7) is 8.10. The number of anilines is 1. The first-order valence-corrected chi connectivity index (χ1v) is 8.39. The van der Waals surface area contributed by atoms with Crippen molar-refractivity contribution in [1.29, 1.82) is 0 Å². The number of ether oxygens (including phenoxy) is 1. The smallest absolute Gasteiger partial charge is 0.226 e. The Labute approximate surface area is 128 Å². The molecule has 0 radical (unpaired) electrons. The Morgan fingerprint density at radius 1 is 1.24 bits per heavy atom. The van der Waals surface area contributed by atoms with Crippen LogP contribution in [0.2, 0.25) is 0 Å². The molecule has 1 fully saturated rings. The summed E-state index contributed by atoms with van der Waals surface area (Å²) in [7, 11) is 0. The molecule has 21 heavy (non-hydrogen) atoms. The molecule has 4 nitrogen and oxygen atoms in total. The van der Waals surface area contributed by atoms with Crippen molar-refractivity contribution in [3.8, 4) is 5.88 Å². The van der Waals surface area contributed by atoms with Crippen LogP contribution < -0.4 is 10.1 Å². The van der Waals surface area contributed by atoms with Crippen LogP contribution >= 0.6 is 0 Å². The molecule has 1 aromatic rings. The average Bonchev–Trinajstić information content (AvgIpc) is 2.47. The molecule has 1 aromatic heterocycles. The second-order valence-corrected chi connectivity index (χ2v) is 6.36. The van der Waals surface area contributed by atoms with Crippen molar-refractivity contribution >= 4 is 5.95 Å². The largest absolute Gasteiger partial charge is 0.478 e. The highest BCUT2D eigenvalue weighted by molar-refractivity contribution is 5.30. The van der Waals surface area contributed by atoms with Gasteiger partial charge in [-0.1, -0.05) is 39.5 Å². The molecule has 0 amide bonds. The highest BCUT2D eigenvalue weighted by atomic mass is 16.5. The molecule has 1 N–H and O–H groups in total. The molecular weight excluding hydrogens is 262 g/mol. The molecular formula is C17H29N3O. The van der Waals surface area contributed by atoms with Crippen molar-refractivity contribution in [2.24, 2.45) is 11.8 Å². The van der Waals surface area contributed by atoms with Crippen LogP contribution in [0.5, 0.6) is 5.88 Å². The summed E-state index contributed by atoms with van der Waals surface area (Å²) in [6, 6.07) is 1.89. The first-order valence-electron chi connectivity index (χ1n) is 8.39. The Morgan fingerprint density at radius 3 is 2.71 bits per heavy atom. The molecule has 2 rings (SSSR count). The first kappa shape index (κ1) is 16.1. The predicted molar refractivity (Wildman–Crippen MR) is 86.8 cm³/mol. The van der Waals surface area contributed by atoms with Gasteiger partial charge in [0.05, 0.1) is 6.61 Å². The maximum Gasteiger partial charge on any atom is 0.226 e. The van der Waals surface area contributed by atoms with E-state index in [0.29, 0.717) is 18.4 Å². The molecule has 0 aliphatic heterocycles. The average molecular weight is 291 g/mol. The van der Waals surface area contributed by atoms with E-state index in [0.717, 1.165) is 30.5 Å². The van der Waals surface area contributed by atoms with Gasteiger partial charge in [-0.3, -0.25) is 0 Å². The van der Waals surface area contributed by atoms with Gasteiger partial charge in [0.2, 0.25) is 11.8 Å². The molecule has 0 saturated heterocycles. The van der Waals surface area contributed by atoms with E-state index in [9.17, 15) is 0 Å². The number of hydrogen-bond acceptors (Lipinski definition) is 4. The monoisotopic (exact) mass is 291 g/mol. The van der Waals surface area contributed by atoms with Gasteiger partial charge in [0.15, 0.2) is 0 Å². The Bertz CT molecular complexity index is 428. The Morgan fingerprint density at radius 2 is 2.00 bits per heavy atom. The molecule has 1 heterocycles. The summed E-state index contributed by atoms with van der Waals surface area (Å²) in [6.07, 6.45) is 7.74. The third kappa shape index (κ3) is 5.52. The van der Waals surface area contributed by atoms with Gasteiger partial charge in [0, 0.05) is 18.3 Å². The van der Waals surface area contributed by atoms with Crippen molar-refractivity contribution in [3.63, 3.8) is 0 Å². The van der Waals surface area contributed by atoms with Crippen LogP contribution in [0, 0.1) is 18.8 Å². The van der Waals surface area contributed by atoms with Gasteiger partial charge in [-0.2, -0.15) is 4.98 Å². The fourth-order valence-electron chi connectivity index (χ4n) is 2.91. The molecule has 0 bridgehead atoms. The van der Waals surface area contributed by atoms with Crippen molar-refractivity contribution < 1.29 is 4.74 Å². The standard InChI is InChI=1S/C17H29N3O/c1-4-11-21-16-12-14(3)19-17(20-16)18-10-9-15-7-5-13(2)6-8-15/h12-13,15H,4-11H2,1-3H3,(H,18,19,20). The number of aromatic nitrogens is 2. The Kier molecular flexibility index (Phi) is 6.27. The number of nitrogens with one attached hydrogen (secondary N) is 1. The van der Waals surface area contributed by atoms with Crippen molar-refractivity contribution in [1.82, 2.24) is 9.97 Å². The van der Waals surface area contributed by atoms with E-state index in [1.165, 1.54) is 32.1 Å². The SMILES string of the molecule is CCCOc1cc(C)nc(NCCC2CCC(C)CC2)n1. The number of rotatable bonds is 7. The van der Waals surface area contributed by atoms with Gasteiger partial charge in [0.1, 0.15) is 0 Å². The van der Waals surface area contributed by atoms with Crippen LogP contribution in [0.15, 0.2) is 6.07 Å². The summed E-state index contributed by atoms with van der Waals surface area (Å²) < 4.78 is 5.59. The van der Waals surface area contributed by atoms with Crippen LogP contribution in [-0.4, -0.2) is 23.1 Å². The fourth-order valence-corrected chi connectivity index (χ4v) is 2.91. The molecule has 1 aliphatic carbocycles. The summed E-state index contributed by atoms with van der Waals surface area (Å²) in [4.78, 5) is 8.86. The van der Waals surface area contributed by atoms with Crippen LogP contribution in [-0.2, 0) is 0 Å². The lowest BCUT2D eigenvalue weighted by Crippen LogP contribution is -2.16. The van der Waals surface area contributed by atoms with E-state index in [1.54, 1.807) is 0 Å². The maximum atomic E-state index is 5.59. The Balaban J connectivity index is 1.78. The second-order valence-electron chi connectivity index (χ2n) is 6.36. The van der Waals surface area contributed by atoms with Crippen LogP contribution in [0.4, 0.5) is 5.95 Å². The molecule has 1 saturated carbocycles. The van der Waals surface area contributed by atoms with Gasteiger partial charge in [-0.25, -0.2) is 4.98 Å². The Hall–Kier alpha value is -1.32. The summed E-state index contributed by atoms with van der Waals surface area (Å²) >= 11 is 0. The molecule has 1 aliphatic rings. The second kappa shape index (κ2) is 8.20. The molecule has 118 valence electrons. The van der Waals surface area contributed by atoms with E-state index in [2.05, 4.69) is 29.1 Å². The lowest BCUT2D eigenvalue weighted by Gasteiger charge is -2.26. The van der Waals surface area contributed by atoms with Gasteiger partial charge >= 0.3 is 0 Å². The van der Waals surface area contributed by atoms with E-state index < -0.39 is 0 Å². The molecule has 0 aromatic carbocycles. The highest BCUT2D eigenvalue weighted by Gasteiger charge is 2.17. The van der Waals surface area contributed by atoms with Crippen LogP contribution in [0.25, 0.3) is 0 Å². The van der Waals surface area contributed by atoms with E-state index >= 15 is 0 Å². The maximum absolute atomic E-state index is 5.59. The lowest BCUT2D eigenvalue weighted by atomic mass is 9.81. The normalized spacial score (nSPS) is 22.0. The molecule has 0 atom stereocenters. The summed E-state index contributed by atoms with van der Waals surface area (Å²) in [5.41, 5.74) is 0.949. The first-order chi connectivity index (χ1) is 10.2. The number of nitrogens with zero attached hydrogens (tertiary/aromatic N) is 2. The summed E-state index contributed by atoms with van der Waals surface area (Å²) in [5, 5.41) is 3.36. The number of aryl methyl sites for hydroxylation is 1. The van der Waals surface area contributed by atoms with Gasteiger partial charge in [-0.05, 0) is 31.6 Å². The minimum absolute atomic E-state index is 0.679. The van der Waals surface area contributed by atoms with Gasteiger partial charge < -0.3 is 10.1 Å². The van der Waals surface area contributed by atoms with Crippen LogP contribution in [0.3, 0.4) is 0 Å². The molecule has 4 heteroatoms. The van der Waals surface area contributed by atoms with Gasteiger partial charge in [0.25, 0.3) is 0 Å². The zero-order valence-corrected chi connectivity index (χ0v) is 13.7. The predicted octanol–water partition coefficient (Wildman–Crippen LogP) is 4.20. The van der Waals surface area contributed by atoms with Crippen molar-refractivity contribution in [2.45, 2.75) is 59.3 Å². The van der Waals surface area contributed by atoms with Gasteiger partial charge in [-0.15, -0.1) is 0 Å². The van der Waals surface area contributed by atoms with Crippen LogP contribution in [0.1, 0.15) is 58.1 Å². The fraction of sp³-hybridized carbons (Fsp3) is 0.765. The third-order valence-electron chi connectivity index (χ3n) is 4.26. The van der Waals surface area contributed by atoms with E-state index in [4.69, 9.17) is 4.74 Å². The minimum atomic E-state index is 0.679. The topological polar surface area (TPSA) is 47.0 Å². The zero-order chi connectivity index (χ0) is 15.1. The summed E-state index contributed by atoms with van der Waals surface area (Å²) in [5.74, 6) is 3.17. The van der Waals surface area contributed by atoms with Crippen molar-refractivity contribution in [3.05, 3.63) is 11.8 Å². The molecule has 0 unspecified atom stereocenters. The quantitative estimate of drug-likeness (QED) is 0.817. The lowest BCUT2D eigenvalue weighted by molar-refractivity contribution is 0.281. The highest BCUT2D eigenvalue weighted by Crippen LogP contribution is 2.30. The van der Waals surface area contributed by atoms with E-state index in [-0.39, 0.29) is 0 Å². The minimum Gasteiger partial charge on any atom is -0.478 e. The van der Waals surface area contributed by atoms with E-state index in [1.807, 2.05) is 13.0 Å². The zero-order valence-electron chi connectivity index (χ0n) is 13.7. The third-order valence-corrected chi connectivity index (χ3v) is 4.26. The van der Waals surface area contributed by atoms with Crippen molar-refractivity contribution in [2.75, 3.05) is 18.5 Å². The number of hydrogen-bond donors (Lipinski definition) is 1.